The molecule has 0 N–H and O–H groups in total. The molecule has 2 aromatic heterocycles. The Bertz CT molecular complexity index is 850. The Kier molecular flexibility index (Phi) is 3.86. The number of halogens is 1. The summed E-state index contributed by atoms with van der Waals surface area (Å²) in [5.41, 5.74) is 2.39. The lowest BCUT2D eigenvalue weighted by Crippen LogP contribution is -2.48. The van der Waals surface area contributed by atoms with Crippen LogP contribution in [0.1, 0.15) is 10.5 Å². The van der Waals surface area contributed by atoms with Gasteiger partial charge in [0.25, 0.3) is 5.91 Å². The van der Waals surface area contributed by atoms with Gasteiger partial charge in [0.05, 0.1) is 0 Å². The van der Waals surface area contributed by atoms with Crippen molar-refractivity contribution in [2.75, 3.05) is 31.1 Å². The molecule has 122 valence electrons. The highest BCUT2D eigenvalue weighted by Gasteiger charge is 2.24. The van der Waals surface area contributed by atoms with E-state index in [1.807, 2.05) is 58.0 Å². The van der Waals surface area contributed by atoms with Gasteiger partial charge in [0.1, 0.15) is 11.3 Å². The molecule has 0 aliphatic carbocycles. The lowest BCUT2D eigenvalue weighted by Gasteiger charge is -2.35. The first kappa shape index (κ1) is 15.0. The molecule has 0 bridgehead atoms. The van der Waals surface area contributed by atoms with E-state index in [-0.39, 0.29) is 5.91 Å². The second-order valence-electron chi connectivity index (χ2n) is 5.85. The molecule has 0 atom stereocenters. The molecule has 1 aromatic carbocycles. The second kappa shape index (κ2) is 6.17. The third-order valence-corrected chi connectivity index (χ3v) is 4.56. The highest BCUT2D eigenvalue weighted by molar-refractivity contribution is 6.30. The predicted octanol–water partition coefficient (Wildman–Crippen LogP) is 2.95. The molecule has 24 heavy (non-hydrogen) atoms. The number of imidazole rings is 1. The van der Waals surface area contributed by atoms with Gasteiger partial charge in [-0.1, -0.05) is 23.7 Å². The average molecular weight is 341 g/mol. The normalized spacial score (nSPS) is 15.0. The van der Waals surface area contributed by atoms with Gasteiger partial charge < -0.3 is 14.2 Å². The topological polar surface area (TPSA) is 40.9 Å². The minimum atomic E-state index is -0.00977. The van der Waals surface area contributed by atoms with Gasteiger partial charge in [0.15, 0.2) is 0 Å². The third kappa shape index (κ3) is 2.83. The summed E-state index contributed by atoms with van der Waals surface area (Å²) in [7, 11) is 0. The van der Waals surface area contributed by atoms with Crippen molar-refractivity contribution in [2.24, 2.45) is 0 Å². The molecule has 0 spiro atoms. The zero-order valence-electron chi connectivity index (χ0n) is 13.1. The highest BCUT2D eigenvalue weighted by Crippen LogP contribution is 2.21. The van der Waals surface area contributed by atoms with Gasteiger partial charge in [-0.05, 0) is 30.3 Å². The van der Waals surface area contributed by atoms with Crippen molar-refractivity contribution in [2.45, 2.75) is 0 Å². The molecule has 0 radical (unpaired) electrons. The van der Waals surface area contributed by atoms with Gasteiger partial charge in [-0.2, -0.15) is 0 Å². The molecule has 1 amide bonds. The van der Waals surface area contributed by atoms with Gasteiger partial charge in [-0.15, -0.1) is 0 Å². The molecule has 1 saturated heterocycles. The second-order valence-corrected chi connectivity index (χ2v) is 6.29. The van der Waals surface area contributed by atoms with Crippen LogP contribution in [0.25, 0.3) is 5.65 Å². The van der Waals surface area contributed by atoms with E-state index in [2.05, 4.69) is 9.88 Å². The largest absolute Gasteiger partial charge is 0.368 e. The van der Waals surface area contributed by atoms with Crippen molar-refractivity contribution in [3.05, 3.63) is 65.6 Å². The Morgan fingerprint density at radius 2 is 1.88 bits per heavy atom. The number of fused-ring (bicyclic) bond motifs is 1. The van der Waals surface area contributed by atoms with Crippen LogP contribution in [0.5, 0.6) is 0 Å². The van der Waals surface area contributed by atoms with E-state index in [1.54, 1.807) is 6.20 Å². The number of anilines is 1. The lowest BCUT2D eigenvalue weighted by atomic mass is 10.2. The summed E-state index contributed by atoms with van der Waals surface area (Å²) >= 11 is 6.06. The molecule has 0 unspecified atom stereocenters. The smallest absolute Gasteiger partial charge is 0.274 e. The maximum atomic E-state index is 12.7. The minimum absolute atomic E-state index is 0.00977. The van der Waals surface area contributed by atoms with Gasteiger partial charge in [-0.25, -0.2) is 4.98 Å². The van der Waals surface area contributed by atoms with Crippen LogP contribution in [0.3, 0.4) is 0 Å². The third-order valence-electron chi connectivity index (χ3n) is 4.32. The van der Waals surface area contributed by atoms with Crippen LogP contribution >= 0.6 is 11.6 Å². The van der Waals surface area contributed by atoms with Gasteiger partial charge in [-0.3, -0.25) is 4.79 Å². The van der Waals surface area contributed by atoms with Crippen molar-refractivity contribution in [1.29, 1.82) is 0 Å². The van der Waals surface area contributed by atoms with Crippen LogP contribution < -0.4 is 4.90 Å². The fourth-order valence-electron chi connectivity index (χ4n) is 3.04. The quantitative estimate of drug-likeness (QED) is 0.720. The van der Waals surface area contributed by atoms with Crippen molar-refractivity contribution in [1.82, 2.24) is 14.3 Å². The molecule has 3 aromatic rings. The summed E-state index contributed by atoms with van der Waals surface area (Å²) < 4.78 is 1.87. The fraction of sp³-hybridized carbons (Fsp3) is 0.222. The van der Waals surface area contributed by atoms with Crippen LogP contribution in [0.4, 0.5) is 5.69 Å². The summed E-state index contributed by atoms with van der Waals surface area (Å²) in [5, 5.41) is 0.732. The first-order chi connectivity index (χ1) is 11.7. The number of carbonyl (C=O) groups is 1. The predicted molar refractivity (Wildman–Crippen MR) is 94.8 cm³/mol. The van der Waals surface area contributed by atoms with Crippen LogP contribution in [-0.4, -0.2) is 46.4 Å². The molecule has 5 nitrogen and oxygen atoms in total. The van der Waals surface area contributed by atoms with E-state index in [0.717, 1.165) is 29.4 Å². The molecule has 0 saturated carbocycles. The number of piperazine rings is 1. The van der Waals surface area contributed by atoms with Gasteiger partial charge in [0.2, 0.25) is 0 Å². The van der Waals surface area contributed by atoms with E-state index in [9.17, 15) is 4.79 Å². The van der Waals surface area contributed by atoms with Crippen LogP contribution in [0.15, 0.2) is 54.9 Å². The Morgan fingerprint density at radius 1 is 1.04 bits per heavy atom. The van der Waals surface area contributed by atoms with E-state index in [4.69, 9.17) is 11.6 Å². The number of pyridine rings is 1. The van der Waals surface area contributed by atoms with Crippen LogP contribution in [0.2, 0.25) is 5.02 Å². The monoisotopic (exact) mass is 340 g/mol. The van der Waals surface area contributed by atoms with Gasteiger partial charge in [0, 0.05) is 49.3 Å². The van der Waals surface area contributed by atoms with E-state index >= 15 is 0 Å². The molecule has 1 aliphatic rings. The first-order valence-electron chi connectivity index (χ1n) is 7.94. The molecule has 4 rings (SSSR count). The van der Waals surface area contributed by atoms with E-state index in [1.165, 1.54) is 0 Å². The van der Waals surface area contributed by atoms with Gasteiger partial charge >= 0.3 is 0 Å². The molecular weight excluding hydrogens is 324 g/mol. The highest BCUT2D eigenvalue weighted by atomic mass is 35.5. The number of benzene rings is 1. The number of rotatable bonds is 2. The fourth-order valence-corrected chi connectivity index (χ4v) is 3.22. The zero-order chi connectivity index (χ0) is 16.5. The number of amides is 1. The summed E-state index contributed by atoms with van der Waals surface area (Å²) in [6.07, 6.45) is 3.69. The lowest BCUT2D eigenvalue weighted by molar-refractivity contribution is 0.0741. The maximum Gasteiger partial charge on any atom is 0.274 e. The Morgan fingerprint density at radius 3 is 2.62 bits per heavy atom. The number of hydrogen-bond donors (Lipinski definition) is 0. The maximum absolute atomic E-state index is 12.7. The van der Waals surface area contributed by atoms with E-state index < -0.39 is 0 Å². The summed E-state index contributed by atoms with van der Waals surface area (Å²) in [5.74, 6) is -0.00977. The van der Waals surface area contributed by atoms with E-state index in [0.29, 0.717) is 18.8 Å². The number of aromatic nitrogens is 2. The van der Waals surface area contributed by atoms with Crippen molar-refractivity contribution in [3.8, 4) is 0 Å². The Hall–Kier alpha value is -2.53. The van der Waals surface area contributed by atoms with Crippen molar-refractivity contribution >= 4 is 28.8 Å². The molecule has 3 heterocycles. The van der Waals surface area contributed by atoms with Crippen LogP contribution in [0, 0.1) is 0 Å². The first-order valence-corrected chi connectivity index (χ1v) is 8.32. The molecule has 6 heteroatoms. The van der Waals surface area contributed by atoms with Crippen molar-refractivity contribution in [3.63, 3.8) is 0 Å². The summed E-state index contributed by atoms with van der Waals surface area (Å²) in [4.78, 5) is 21.2. The van der Waals surface area contributed by atoms with Crippen molar-refractivity contribution < 1.29 is 4.79 Å². The van der Waals surface area contributed by atoms with Crippen LogP contribution in [-0.2, 0) is 0 Å². The molecule has 1 aliphatic heterocycles. The number of hydrogen-bond acceptors (Lipinski definition) is 3. The summed E-state index contributed by atoms with van der Waals surface area (Å²) in [6.45, 7) is 2.94. The Balaban J connectivity index is 1.46. The molecular formula is C18H17ClN4O. The minimum Gasteiger partial charge on any atom is -0.368 e. The standard InChI is InChI=1S/C18H17ClN4O/c19-14-4-3-5-15(12-14)21-8-10-22(11-9-21)18(24)16-13-23-7-2-1-6-17(23)20-16/h1-7,12-13H,8-11H2. The number of nitrogens with zero attached hydrogens (tertiary/aromatic N) is 4. The zero-order valence-corrected chi connectivity index (χ0v) is 13.9. The number of carbonyl (C=O) groups excluding carboxylic acids is 1. The average Bonchev–Trinajstić information content (AvgIpc) is 3.05. The SMILES string of the molecule is O=C(c1cn2ccccc2n1)N1CCN(c2cccc(Cl)c2)CC1. The molecule has 1 fully saturated rings. The summed E-state index contributed by atoms with van der Waals surface area (Å²) in [6, 6.07) is 13.6. The Labute approximate surface area is 145 Å².